The third-order valence-electron chi connectivity index (χ3n) is 6.80. The van der Waals surface area contributed by atoms with Gasteiger partial charge in [0.05, 0.1) is 24.8 Å². The summed E-state index contributed by atoms with van der Waals surface area (Å²) in [6.45, 7) is 7.69. The van der Waals surface area contributed by atoms with Gasteiger partial charge >= 0.3 is 0 Å². The summed E-state index contributed by atoms with van der Waals surface area (Å²) in [5.41, 5.74) is 2.15. The molecule has 0 unspecified atom stereocenters. The summed E-state index contributed by atoms with van der Waals surface area (Å²) in [6.07, 6.45) is 3.22. The van der Waals surface area contributed by atoms with Crippen LogP contribution < -0.4 is 14.2 Å². The SMILES string of the molecule is CCCCOc1ccc([C@H]2C(=C(O)c3ccc4c(c3)C[C@@H](C)O4)C(=O)C(=O)N2CCCOC)cc1OCC. The second-order valence-corrected chi connectivity index (χ2v) is 9.64. The number of Topliss-reactive ketones (excluding diaryl/α,β-unsaturated/α-hetero) is 1. The van der Waals surface area contributed by atoms with E-state index in [9.17, 15) is 14.7 Å². The van der Waals surface area contributed by atoms with E-state index in [0.29, 0.717) is 61.8 Å². The number of likely N-dealkylation sites (tertiary alicyclic amines) is 1. The van der Waals surface area contributed by atoms with Crippen molar-refractivity contribution in [3.05, 3.63) is 58.7 Å². The second kappa shape index (κ2) is 12.3. The molecule has 204 valence electrons. The lowest BCUT2D eigenvalue weighted by Gasteiger charge is -2.26. The van der Waals surface area contributed by atoms with Crippen molar-refractivity contribution in [2.24, 2.45) is 0 Å². The summed E-state index contributed by atoms with van der Waals surface area (Å²) in [7, 11) is 1.59. The lowest BCUT2D eigenvalue weighted by molar-refractivity contribution is -0.140. The normalized spacial score (nSPS) is 19.9. The minimum absolute atomic E-state index is 0.0452. The summed E-state index contributed by atoms with van der Waals surface area (Å²) in [4.78, 5) is 28.1. The maximum atomic E-state index is 13.4. The van der Waals surface area contributed by atoms with E-state index in [-0.39, 0.29) is 17.4 Å². The molecule has 1 amide bonds. The van der Waals surface area contributed by atoms with Crippen LogP contribution in [0, 0.1) is 0 Å². The molecule has 0 aliphatic carbocycles. The van der Waals surface area contributed by atoms with Gasteiger partial charge in [0.2, 0.25) is 0 Å². The van der Waals surface area contributed by atoms with Gasteiger partial charge in [-0.15, -0.1) is 0 Å². The van der Waals surface area contributed by atoms with E-state index in [2.05, 4.69) is 6.92 Å². The van der Waals surface area contributed by atoms with Gasteiger partial charge in [-0.2, -0.15) is 0 Å². The number of rotatable bonds is 12. The first-order valence-corrected chi connectivity index (χ1v) is 13.4. The highest BCUT2D eigenvalue weighted by atomic mass is 16.5. The zero-order valence-electron chi connectivity index (χ0n) is 22.6. The summed E-state index contributed by atoms with van der Waals surface area (Å²) >= 11 is 0. The van der Waals surface area contributed by atoms with Crippen LogP contribution in [-0.4, -0.2) is 61.3 Å². The average molecular weight is 524 g/mol. The van der Waals surface area contributed by atoms with Crippen LogP contribution in [0.1, 0.15) is 62.8 Å². The number of ketones is 1. The van der Waals surface area contributed by atoms with E-state index in [0.717, 1.165) is 24.2 Å². The lowest BCUT2D eigenvalue weighted by Crippen LogP contribution is -2.31. The Balaban J connectivity index is 1.79. The molecule has 38 heavy (non-hydrogen) atoms. The predicted octanol–water partition coefficient (Wildman–Crippen LogP) is 5.05. The standard InChI is InChI=1S/C30H37NO7/c1-5-7-15-37-24-12-9-20(18-25(24)36-6-2)27-26(29(33)30(34)31(27)13-8-14-35-4)28(32)21-10-11-23-22(17-21)16-19(3)38-23/h9-12,17-19,27,32H,5-8,13-16H2,1-4H3/t19-,27+/m1/s1. The largest absolute Gasteiger partial charge is 0.507 e. The maximum absolute atomic E-state index is 13.4. The van der Waals surface area contributed by atoms with E-state index in [1.807, 2.05) is 26.0 Å². The Morgan fingerprint density at radius 3 is 2.61 bits per heavy atom. The summed E-state index contributed by atoms with van der Waals surface area (Å²) < 4.78 is 22.8. The van der Waals surface area contributed by atoms with Gasteiger partial charge < -0.3 is 29.0 Å². The fraction of sp³-hybridized carbons (Fsp3) is 0.467. The van der Waals surface area contributed by atoms with Crippen LogP contribution in [0.4, 0.5) is 0 Å². The molecule has 2 aliphatic rings. The number of hydrogen-bond acceptors (Lipinski definition) is 7. The number of methoxy groups -OCH3 is 1. The molecular weight excluding hydrogens is 486 g/mol. The third-order valence-corrected chi connectivity index (χ3v) is 6.80. The van der Waals surface area contributed by atoms with Crippen molar-refractivity contribution < 1.29 is 33.6 Å². The number of amides is 1. The van der Waals surface area contributed by atoms with Crippen molar-refractivity contribution >= 4 is 17.4 Å². The van der Waals surface area contributed by atoms with Crippen LogP contribution in [0.15, 0.2) is 42.0 Å². The van der Waals surface area contributed by atoms with Crippen molar-refractivity contribution in [3.8, 4) is 17.2 Å². The van der Waals surface area contributed by atoms with Gasteiger partial charge in [0, 0.05) is 32.2 Å². The van der Waals surface area contributed by atoms with Crippen molar-refractivity contribution in [2.75, 3.05) is 33.5 Å². The Kier molecular flexibility index (Phi) is 8.94. The van der Waals surface area contributed by atoms with Crippen molar-refractivity contribution in [2.45, 2.75) is 58.6 Å². The molecule has 4 rings (SSSR count). The molecule has 2 heterocycles. The van der Waals surface area contributed by atoms with Crippen LogP contribution in [0.25, 0.3) is 5.76 Å². The summed E-state index contributed by atoms with van der Waals surface area (Å²) in [5.74, 6) is 0.348. The smallest absolute Gasteiger partial charge is 0.295 e. The van der Waals surface area contributed by atoms with Crippen LogP contribution in [0.3, 0.4) is 0 Å². The number of carbonyl (C=O) groups excluding carboxylic acids is 2. The van der Waals surface area contributed by atoms with Crippen molar-refractivity contribution in [1.29, 1.82) is 0 Å². The Hall–Kier alpha value is -3.52. The van der Waals surface area contributed by atoms with Crippen molar-refractivity contribution in [1.82, 2.24) is 4.90 Å². The van der Waals surface area contributed by atoms with Crippen LogP contribution in [0.5, 0.6) is 17.2 Å². The van der Waals surface area contributed by atoms with Gasteiger partial charge in [-0.25, -0.2) is 0 Å². The van der Waals surface area contributed by atoms with Gasteiger partial charge in [0.1, 0.15) is 17.6 Å². The van der Waals surface area contributed by atoms with Gasteiger partial charge in [0.15, 0.2) is 11.5 Å². The van der Waals surface area contributed by atoms with Crippen LogP contribution in [0.2, 0.25) is 0 Å². The van der Waals surface area contributed by atoms with E-state index >= 15 is 0 Å². The fourth-order valence-electron chi connectivity index (χ4n) is 4.97. The molecule has 2 aliphatic heterocycles. The number of carbonyl (C=O) groups is 2. The molecule has 0 aromatic heterocycles. The number of nitrogens with zero attached hydrogens (tertiary/aromatic N) is 1. The highest BCUT2D eigenvalue weighted by Gasteiger charge is 2.46. The molecule has 1 saturated heterocycles. The van der Waals surface area contributed by atoms with Crippen LogP contribution in [-0.2, 0) is 20.7 Å². The quantitative estimate of drug-likeness (QED) is 0.180. The zero-order chi connectivity index (χ0) is 27.2. The maximum Gasteiger partial charge on any atom is 0.295 e. The number of aliphatic hydroxyl groups excluding tert-OH is 1. The number of aliphatic hydroxyl groups is 1. The summed E-state index contributed by atoms with van der Waals surface area (Å²) in [5, 5.41) is 11.5. The lowest BCUT2D eigenvalue weighted by atomic mass is 9.94. The highest BCUT2D eigenvalue weighted by Crippen LogP contribution is 2.43. The Morgan fingerprint density at radius 1 is 1.05 bits per heavy atom. The number of fused-ring (bicyclic) bond motifs is 1. The fourth-order valence-corrected chi connectivity index (χ4v) is 4.97. The third kappa shape index (κ3) is 5.65. The second-order valence-electron chi connectivity index (χ2n) is 9.64. The Bertz CT molecular complexity index is 1210. The van der Waals surface area contributed by atoms with E-state index in [4.69, 9.17) is 18.9 Å². The summed E-state index contributed by atoms with van der Waals surface area (Å²) in [6, 6.07) is 10.0. The van der Waals surface area contributed by atoms with Gasteiger partial charge in [0.25, 0.3) is 11.7 Å². The number of hydrogen-bond donors (Lipinski definition) is 1. The molecule has 2 atom stereocenters. The van der Waals surface area contributed by atoms with E-state index < -0.39 is 17.7 Å². The number of unbranched alkanes of at least 4 members (excludes halogenated alkanes) is 1. The topological polar surface area (TPSA) is 94.5 Å². The molecular formula is C30H37NO7. The van der Waals surface area contributed by atoms with E-state index in [1.165, 1.54) is 4.90 Å². The van der Waals surface area contributed by atoms with Gasteiger partial charge in [-0.05, 0) is 68.1 Å². The van der Waals surface area contributed by atoms with Crippen molar-refractivity contribution in [3.63, 3.8) is 0 Å². The van der Waals surface area contributed by atoms with Crippen LogP contribution >= 0.6 is 0 Å². The molecule has 0 spiro atoms. The molecule has 1 fully saturated rings. The molecule has 2 aromatic carbocycles. The molecule has 0 bridgehead atoms. The number of ether oxygens (including phenoxy) is 4. The molecule has 8 nitrogen and oxygen atoms in total. The molecule has 0 saturated carbocycles. The monoisotopic (exact) mass is 523 g/mol. The first-order valence-electron chi connectivity index (χ1n) is 13.4. The molecule has 1 N–H and O–H groups in total. The highest BCUT2D eigenvalue weighted by molar-refractivity contribution is 6.46. The minimum atomic E-state index is -0.779. The first-order chi connectivity index (χ1) is 18.4. The van der Waals surface area contributed by atoms with E-state index in [1.54, 1.807) is 31.4 Å². The minimum Gasteiger partial charge on any atom is -0.507 e. The molecule has 2 aromatic rings. The molecule has 8 heteroatoms. The van der Waals surface area contributed by atoms with Gasteiger partial charge in [-0.3, -0.25) is 9.59 Å². The number of benzene rings is 2. The predicted molar refractivity (Wildman–Crippen MR) is 144 cm³/mol. The van der Waals surface area contributed by atoms with Gasteiger partial charge in [-0.1, -0.05) is 19.4 Å². The average Bonchev–Trinajstić information content (AvgIpc) is 3.40. The molecule has 0 radical (unpaired) electrons. The first kappa shape index (κ1) is 27.5. The Labute approximate surface area is 224 Å². The Morgan fingerprint density at radius 2 is 1.87 bits per heavy atom. The zero-order valence-corrected chi connectivity index (χ0v) is 22.6.